The zero-order chi connectivity index (χ0) is 23.2. The van der Waals surface area contributed by atoms with Gasteiger partial charge in [0, 0.05) is 24.2 Å². The lowest BCUT2D eigenvalue weighted by Crippen LogP contribution is -2.38. The van der Waals surface area contributed by atoms with Crippen LogP contribution in [0.15, 0.2) is 48.5 Å². The van der Waals surface area contributed by atoms with Crippen molar-refractivity contribution in [3.63, 3.8) is 0 Å². The molecule has 0 saturated carbocycles. The van der Waals surface area contributed by atoms with Crippen molar-refractivity contribution in [2.24, 2.45) is 0 Å². The summed E-state index contributed by atoms with van der Waals surface area (Å²) in [5, 5.41) is 0. The number of carbonyl (C=O) groups is 1. The third kappa shape index (κ3) is 7.36. The van der Waals surface area contributed by atoms with Gasteiger partial charge in [-0.15, -0.1) is 0 Å². The Morgan fingerprint density at radius 1 is 0.871 bits per heavy atom. The quantitative estimate of drug-likeness (QED) is 0.512. The van der Waals surface area contributed by atoms with Gasteiger partial charge in [-0.2, -0.15) is 0 Å². The van der Waals surface area contributed by atoms with Crippen molar-refractivity contribution >= 4 is 21.5 Å². The average Bonchev–Trinajstić information content (AvgIpc) is 2.69. The molecule has 0 unspecified atom stereocenters. The molecule has 0 radical (unpaired) electrons. The molecule has 0 N–H and O–H groups in total. The van der Waals surface area contributed by atoms with Gasteiger partial charge in [0.2, 0.25) is 10.0 Å². The molecule has 0 heterocycles. The minimum Gasteiger partial charge on any atom is -0.488 e. The van der Waals surface area contributed by atoms with Crippen molar-refractivity contribution in [1.29, 1.82) is 0 Å². The molecule has 0 aliphatic carbocycles. The van der Waals surface area contributed by atoms with Crippen LogP contribution in [0, 0.1) is 0 Å². The van der Waals surface area contributed by atoms with Gasteiger partial charge < -0.3 is 9.64 Å². The fourth-order valence-corrected chi connectivity index (χ4v) is 4.15. The van der Waals surface area contributed by atoms with E-state index >= 15 is 0 Å². The first kappa shape index (κ1) is 24.9. The molecule has 0 atom stereocenters. The lowest BCUT2D eigenvalue weighted by atomic mass is 10.0. The molecule has 6 nitrogen and oxygen atoms in total. The Bertz CT molecular complexity index is 958. The summed E-state index contributed by atoms with van der Waals surface area (Å²) in [6.45, 7) is 12.7. The Labute approximate surface area is 186 Å². The molecule has 0 aromatic heterocycles. The number of anilines is 1. The topological polar surface area (TPSA) is 66.9 Å². The van der Waals surface area contributed by atoms with Gasteiger partial charge >= 0.3 is 0 Å². The predicted molar refractivity (Wildman–Crippen MR) is 127 cm³/mol. The van der Waals surface area contributed by atoms with Crippen LogP contribution in [-0.2, 0) is 10.0 Å². The second-order valence-electron chi connectivity index (χ2n) is 8.48. The summed E-state index contributed by atoms with van der Waals surface area (Å²) in [7, 11) is -3.43. The Balaban J connectivity index is 2.17. The van der Waals surface area contributed by atoms with Crippen LogP contribution >= 0.6 is 0 Å². The number of likely N-dealkylation sites (N-methyl/N-ethyl adjacent to an activating group) is 1. The molecule has 0 bridgehead atoms. The maximum Gasteiger partial charge on any atom is 0.232 e. The highest BCUT2D eigenvalue weighted by Gasteiger charge is 2.19. The van der Waals surface area contributed by atoms with Crippen LogP contribution in [0.25, 0.3) is 0 Å². The average molecular weight is 447 g/mol. The number of hydrogen-bond acceptors (Lipinski definition) is 5. The lowest BCUT2D eigenvalue weighted by molar-refractivity contribution is 0.103. The number of sulfonamides is 1. The summed E-state index contributed by atoms with van der Waals surface area (Å²) in [5.41, 5.74) is 1.30. The SMILES string of the molecule is CCN(CC)CCN(c1ccc(C(=O)c2ccc(OC(C)(C)C)cc2)cc1)S(C)(=O)=O. The molecule has 0 fully saturated rings. The number of nitrogens with zero attached hydrogens (tertiary/aromatic N) is 2. The van der Waals surface area contributed by atoms with Crippen molar-refractivity contribution in [3.05, 3.63) is 59.7 Å². The molecular formula is C24H34N2O4S. The van der Waals surface area contributed by atoms with Gasteiger partial charge in [0.25, 0.3) is 0 Å². The Morgan fingerprint density at radius 2 is 1.35 bits per heavy atom. The second kappa shape index (κ2) is 10.3. The highest BCUT2D eigenvalue weighted by Crippen LogP contribution is 2.22. The molecule has 0 saturated heterocycles. The largest absolute Gasteiger partial charge is 0.488 e. The summed E-state index contributed by atoms with van der Waals surface area (Å²) in [6.07, 6.45) is 1.20. The van der Waals surface area contributed by atoms with Crippen LogP contribution in [0.4, 0.5) is 5.69 Å². The number of benzene rings is 2. The number of ether oxygens (including phenoxy) is 1. The van der Waals surface area contributed by atoms with Crippen molar-refractivity contribution < 1.29 is 17.9 Å². The maximum absolute atomic E-state index is 12.8. The smallest absolute Gasteiger partial charge is 0.232 e. The van der Waals surface area contributed by atoms with Crippen LogP contribution in [0.5, 0.6) is 5.75 Å². The zero-order valence-electron chi connectivity index (χ0n) is 19.4. The van der Waals surface area contributed by atoms with Crippen molar-refractivity contribution in [2.45, 2.75) is 40.2 Å². The van der Waals surface area contributed by atoms with E-state index in [-0.39, 0.29) is 11.4 Å². The normalized spacial score (nSPS) is 12.1. The van der Waals surface area contributed by atoms with E-state index in [1.54, 1.807) is 48.5 Å². The molecule has 2 rings (SSSR count). The first-order valence-electron chi connectivity index (χ1n) is 10.6. The number of carbonyl (C=O) groups excluding carboxylic acids is 1. The van der Waals surface area contributed by atoms with Crippen molar-refractivity contribution in [3.8, 4) is 5.75 Å². The minimum absolute atomic E-state index is 0.122. The fourth-order valence-electron chi connectivity index (χ4n) is 3.23. The Hall–Kier alpha value is -2.38. The molecule has 2 aromatic rings. The van der Waals surface area contributed by atoms with Gasteiger partial charge in [-0.1, -0.05) is 13.8 Å². The highest BCUT2D eigenvalue weighted by molar-refractivity contribution is 7.92. The molecule has 7 heteroatoms. The zero-order valence-corrected chi connectivity index (χ0v) is 20.2. The van der Waals surface area contributed by atoms with Crippen LogP contribution in [0.3, 0.4) is 0 Å². The summed E-state index contributed by atoms with van der Waals surface area (Å²) in [6, 6.07) is 13.8. The van der Waals surface area contributed by atoms with Gasteiger partial charge in [-0.25, -0.2) is 8.42 Å². The predicted octanol–water partition coefficient (Wildman–Crippen LogP) is 4.20. The molecule has 0 spiro atoms. The third-order valence-corrected chi connectivity index (χ3v) is 6.07. The standard InChI is InChI=1S/C24H34N2O4S/c1-7-25(8-2)17-18-26(31(6,28)29)21-13-9-19(10-14-21)23(27)20-11-15-22(16-12-20)30-24(3,4)5/h9-16H,7-8,17-18H2,1-6H3. The van der Waals surface area contributed by atoms with Crippen molar-refractivity contribution in [2.75, 3.05) is 36.7 Å². The highest BCUT2D eigenvalue weighted by atomic mass is 32.2. The molecule has 31 heavy (non-hydrogen) atoms. The molecular weight excluding hydrogens is 412 g/mol. The number of hydrogen-bond donors (Lipinski definition) is 0. The van der Waals surface area contributed by atoms with E-state index in [0.717, 1.165) is 13.1 Å². The molecule has 0 aliphatic rings. The third-order valence-electron chi connectivity index (χ3n) is 4.87. The van der Waals surface area contributed by atoms with E-state index in [9.17, 15) is 13.2 Å². The molecule has 0 aliphatic heterocycles. The van der Waals surface area contributed by atoms with Gasteiger partial charge in [0.05, 0.1) is 11.9 Å². The second-order valence-corrected chi connectivity index (χ2v) is 10.4. The number of ketones is 1. The van der Waals surface area contributed by atoms with Crippen LogP contribution < -0.4 is 9.04 Å². The minimum atomic E-state index is -3.43. The van der Waals surface area contributed by atoms with E-state index in [2.05, 4.69) is 18.7 Å². The van der Waals surface area contributed by atoms with E-state index in [0.29, 0.717) is 35.7 Å². The Kier molecular flexibility index (Phi) is 8.26. The monoisotopic (exact) mass is 446 g/mol. The lowest BCUT2D eigenvalue weighted by Gasteiger charge is -2.26. The van der Waals surface area contributed by atoms with E-state index in [1.165, 1.54) is 10.6 Å². The summed E-state index contributed by atoms with van der Waals surface area (Å²) in [4.78, 5) is 15.0. The Morgan fingerprint density at radius 3 is 1.77 bits per heavy atom. The summed E-state index contributed by atoms with van der Waals surface area (Å²) >= 11 is 0. The maximum atomic E-state index is 12.8. The van der Waals surface area contributed by atoms with E-state index < -0.39 is 10.0 Å². The first-order chi connectivity index (χ1) is 14.4. The molecule has 170 valence electrons. The van der Waals surface area contributed by atoms with Crippen LogP contribution in [-0.4, -0.2) is 57.1 Å². The molecule has 2 aromatic carbocycles. The van der Waals surface area contributed by atoms with Gasteiger partial charge in [-0.3, -0.25) is 9.10 Å². The van der Waals surface area contributed by atoms with Crippen LogP contribution in [0.1, 0.15) is 50.5 Å². The van der Waals surface area contributed by atoms with E-state index in [1.807, 2.05) is 20.8 Å². The van der Waals surface area contributed by atoms with E-state index in [4.69, 9.17) is 4.74 Å². The van der Waals surface area contributed by atoms with Gasteiger partial charge in [0.1, 0.15) is 11.4 Å². The summed E-state index contributed by atoms with van der Waals surface area (Å²) < 4.78 is 31.8. The fraction of sp³-hybridized carbons (Fsp3) is 0.458. The van der Waals surface area contributed by atoms with Crippen LogP contribution in [0.2, 0.25) is 0 Å². The summed E-state index contributed by atoms with van der Waals surface area (Å²) in [5.74, 6) is 0.583. The van der Waals surface area contributed by atoms with Gasteiger partial charge in [0.15, 0.2) is 5.78 Å². The van der Waals surface area contributed by atoms with Crippen molar-refractivity contribution in [1.82, 2.24) is 4.90 Å². The van der Waals surface area contributed by atoms with Gasteiger partial charge in [-0.05, 0) is 82.4 Å². The molecule has 0 amide bonds. The number of rotatable bonds is 10. The first-order valence-corrected chi connectivity index (χ1v) is 12.4.